The first kappa shape index (κ1) is 18.3. The molecule has 0 aromatic rings. The van der Waals surface area contributed by atoms with Gasteiger partial charge in [0.05, 0.1) is 13.2 Å². The van der Waals surface area contributed by atoms with Crippen LogP contribution in [0.3, 0.4) is 0 Å². The van der Waals surface area contributed by atoms with Crippen LogP contribution in [0.4, 0.5) is 0 Å². The van der Waals surface area contributed by atoms with Gasteiger partial charge in [0.2, 0.25) is 0 Å². The van der Waals surface area contributed by atoms with E-state index in [-0.39, 0.29) is 13.2 Å². The number of rotatable bonds is 7. The van der Waals surface area contributed by atoms with Gasteiger partial charge in [-0.3, -0.25) is 9.13 Å². The Labute approximate surface area is 110 Å². The molecule has 110 valence electrons. The lowest BCUT2D eigenvalue weighted by molar-refractivity contribution is 0.243. The molecule has 0 aromatic heterocycles. The topological polar surface area (TPSA) is 93.1 Å². The van der Waals surface area contributed by atoms with Gasteiger partial charge >= 0.3 is 16.5 Å². The molecule has 1 saturated carbocycles. The monoisotopic (exact) mass is 302 g/mol. The third-order valence-corrected chi connectivity index (χ3v) is 3.39. The minimum atomic E-state index is -2.83. The summed E-state index contributed by atoms with van der Waals surface area (Å²) < 4.78 is 28.7. The molecule has 0 aliphatic heterocycles. The van der Waals surface area contributed by atoms with E-state index in [1.165, 1.54) is 38.5 Å². The molecule has 1 rings (SSSR count). The first-order valence-corrected chi connectivity index (χ1v) is 8.87. The van der Waals surface area contributed by atoms with E-state index in [4.69, 9.17) is 9.79 Å². The van der Waals surface area contributed by atoms with Crippen molar-refractivity contribution in [3.8, 4) is 0 Å². The Morgan fingerprint density at radius 1 is 0.722 bits per heavy atom. The van der Waals surface area contributed by atoms with Crippen molar-refractivity contribution in [3.63, 3.8) is 0 Å². The standard InChI is InChI=1S/C6H12.C4H12O6P2/c1-2-4-6-5-3-1;5-11(6)9-3-1-2-4-10-12(7)8/h1-6H2;11-12H,1-4H2,(H,5,6)(H,7,8). The maximum absolute atomic E-state index is 9.99. The maximum Gasteiger partial charge on any atom is 0.316 e. The number of hydrogen-bond acceptors (Lipinski definition) is 4. The Bertz CT molecular complexity index is 203. The summed E-state index contributed by atoms with van der Waals surface area (Å²) in [6.07, 6.45) is 10.1. The van der Waals surface area contributed by atoms with Crippen LogP contribution in [0, 0.1) is 0 Å². The first-order valence-electron chi connectivity index (χ1n) is 6.34. The zero-order valence-corrected chi connectivity index (χ0v) is 12.6. The van der Waals surface area contributed by atoms with Gasteiger partial charge in [0.15, 0.2) is 0 Å². The quantitative estimate of drug-likeness (QED) is 0.555. The van der Waals surface area contributed by atoms with Crippen molar-refractivity contribution in [1.82, 2.24) is 0 Å². The second kappa shape index (κ2) is 13.7. The highest BCUT2D eigenvalue weighted by Gasteiger charge is 1.95. The molecule has 2 unspecified atom stereocenters. The van der Waals surface area contributed by atoms with Gasteiger partial charge in [0, 0.05) is 0 Å². The van der Waals surface area contributed by atoms with Crippen molar-refractivity contribution >= 4 is 16.5 Å². The van der Waals surface area contributed by atoms with Gasteiger partial charge in [0.1, 0.15) is 0 Å². The van der Waals surface area contributed by atoms with Gasteiger partial charge in [-0.15, -0.1) is 0 Å². The van der Waals surface area contributed by atoms with Gasteiger partial charge < -0.3 is 18.8 Å². The van der Waals surface area contributed by atoms with Crippen molar-refractivity contribution in [3.05, 3.63) is 0 Å². The average molecular weight is 302 g/mol. The lowest BCUT2D eigenvalue weighted by Crippen LogP contribution is -1.91. The van der Waals surface area contributed by atoms with Gasteiger partial charge in [-0.1, -0.05) is 38.5 Å². The molecule has 2 atom stereocenters. The molecular formula is C10H24O6P2. The smallest absolute Gasteiger partial charge is 0.316 e. The van der Waals surface area contributed by atoms with Gasteiger partial charge in [-0.25, -0.2) is 0 Å². The van der Waals surface area contributed by atoms with E-state index >= 15 is 0 Å². The van der Waals surface area contributed by atoms with E-state index in [0.29, 0.717) is 12.8 Å². The van der Waals surface area contributed by atoms with Crippen molar-refractivity contribution in [1.29, 1.82) is 0 Å². The lowest BCUT2D eigenvalue weighted by atomic mass is 10.0. The van der Waals surface area contributed by atoms with Crippen LogP contribution in [0.2, 0.25) is 0 Å². The van der Waals surface area contributed by atoms with Crippen LogP contribution in [-0.4, -0.2) is 23.0 Å². The summed E-state index contributed by atoms with van der Waals surface area (Å²) in [4.78, 5) is 16.4. The summed E-state index contributed by atoms with van der Waals surface area (Å²) in [5, 5.41) is 0. The Morgan fingerprint density at radius 3 is 1.22 bits per heavy atom. The molecule has 0 saturated heterocycles. The van der Waals surface area contributed by atoms with Gasteiger partial charge in [-0.05, 0) is 12.8 Å². The Balaban J connectivity index is 0.000000397. The number of unbranched alkanes of at least 4 members (excludes halogenated alkanes) is 1. The highest BCUT2D eigenvalue weighted by molar-refractivity contribution is 7.32. The molecule has 1 aliphatic rings. The van der Waals surface area contributed by atoms with Crippen LogP contribution in [0.1, 0.15) is 51.4 Å². The second-order valence-corrected chi connectivity index (χ2v) is 5.70. The summed E-state index contributed by atoms with van der Waals surface area (Å²) in [7, 11) is -5.67. The third kappa shape index (κ3) is 16.3. The molecule has 1 aliphatic carbocycles. The fraction of sp³-hybridized carbons (Fsp3) is 1.00. The summed E-state index contributed by atoms with van der Waals surface area (Å²) in [6, 6.07) is 0. The number of hydrogen-bond donors (Lipinski definition) is 2. The van der Waals surface area contributed by atoms with E-state index in [9.17, 15) is 9.13 Å². The molecule has 0 bridgehead atoms. The molecule has 2 N–H and O–H groups in total. The molecule has 0 radical (unpaired) electrons. The minimum Gasteiger partial charge on any atom is -0.326 e. The zero-order valence-electron chi connectivity index (χ0n) is 10.6. The molecule has 1 fully saturated rings. The average Bonchev–Trinajstić information content (AvgIpc) is 2.36. The van der Waals surface area contributed by atoms with Crippen LogP contribution >= 0.6 is 16.5 Å². The molecule has 0 spiro atoms. The lowest BCUT2D eigenvalue weighted by Gasteiger charge is -2.05. The van der Waals surface area contributed by atoms with Crippen molar-refractivity contribution in [2.24, 2.45) is 0 Å². The third-order valence-electron chi connectivity index (χ3n) is 2.49. The van der Waals surface area contributed by atoms with Crippen molar-refractivity contribution < 1.29 is 28.0 Å². The molecule has 0 heterocycles. The fourth-order valence-electron chi connectivity index (χ4n) is 1.58. The van der Waals surface area contributed by atoms with Crippen molar-refractivity contribution in [2.75, 3.05) is 13.2 Å². The van der Waals surface area contributed by atoms with Gasteiger partial charge in [0.25, 0.3) is 0 Å². The maximum atomic E-state index is 9.99. The summed E-state index contributed by atoms with van der Waals surface area (Å²) >= 11 is 0. The summed E-state index contributed by atoms with van der Waals surface area (Å²) in [6.45, 7) is 0.341. The van der Waals surface area contributed by atoms with Crippen LogP contribution in [0.25, 0.3) is 0 Å². The minimum absolute atomic E-state index is 0.171. The molecule has 0 amide bonds. The van der Waals surface area contributed by atoms with E-state index in [0.717, 1.165) is 0 Å². The zero-order chi connectivity index (χ0) is 13.6. The second-order valence-electron chi connectivity index (χ2n) is 4.06. The Morgan fingerprint density at radius 2 is 1.00 bits per heavy atom. The van der Waals surface area contributed by atoms with Crippen LogP contribution < -0.4 is 0 Å². The van der Waals surface area contributed by atoms with E-state index in [2.05, 4.69) is 9.05 Å². The molecule has 8 heteroatoms. The van der Waals surface area contributed by atoms with E-state index in [1.54, 1.807) is 0 Å². The predicted molar refractivity (Wildman–Crippen MR) is 71.3 cm³/mol. The molecular weight excluding hydrogens is 278 g/mol. The fourth-order valence-corrected chi connectivity index (χ4v) is 2.22. The summed E-state index contributed by atoms with van der Waals surface area (Å²) in [5.41, 5.74) is 0. The highest BCUT2D eigenvalue weighted by atomic mass is 31.1. The van der Waals surface area contributed by atoms with E-state index < -0.39 is 16.5 Å². The van der Waals surface area contributed by atoms with Gasteiger partial charge in [-0.2, -0.15) is 0 Å². The molecule has 0 aromatic carbocycles. The largest absolute Gasteiger partial charge is 0.326 e. The first-order chi connectivity index (χ1) is 8.63. The Hall–Kier alpha value is 0.300. The SMILES string of the molecule is C1CCCCC1.O=[PH](O)OCCCCO[PH](=O)O. The summed E-state index contributed by atoms with van der Waals surface area (Å²) in [5.74, 6) is 0. The van der Waals surface area contributed by atoms with Crippen LogP contribution in [-0.2, 0) is 18.2 Å². The van der Waals surface area contributed by atoms with E-state index in [1.807, 2.05) is 0 Å². The predicted octanol–water partition coefficient (Wildman–Crippen LogP) is 2.90. The van der Waals surface area contributed by atoms with Crippen molar-refractivity contribution in [2.45, 2.75) is 51.4 Å². The normalized spacial score (nSPS) is 18.6. The highest BCUT2D eigenvalue weighted by Crippen LogP contribution is 2.17. The molecule has 18 heavy (non-hydrogen) atoms. The molecule has 6 nitrogen and oxygen atoms in total. The van der Waals surface area contributed by atoms with Crippen LogP contribution in [0.5, 0.6) is 0 Å². The Kier molecular flexibility index (Phi) is 14.0. The van der Waals surface area contributed by atoms with Crippen LogP contribution in [0.15, 0.2) is 0 Å².